The molecule has 18 nitrogen and oxygen atoms in total. The van der Waals surface area contributed by atoms with Crippen LogP contribution >= 0.6 is 23.2 Å². The molecule has 0 spiro atoms. The van der Waals surface area contributed by atoms with Gasteiger partial charge in [0.05, 0.1) is 41.2 Å². The number of methoxy groups -OCH3 is 2. The molecule has 0 radical (unpaired) electrons. The van der Waals surface area contributed by atoms with E-state index in [-0.39, 0.29) is 98.5 Å². The third-order valence-corrected chi connectivity index (χ3v) is 14.2. The first-order valence-corrected chi connectivity index (χ1v) is 25.7. The Labute approximate surface area is 481 Å². The summed E-state index contributed by atoms with van der Waals surface area (Å²) in [5, 5.41) is 57.8. The molecule has 0 atom stereocenters. The van der Waals surface area contributed by atoms with E-state index < -0.39 is 53.3 Å². The van der Waals surface area contributed by atoms with Crippen molar-refractivity contribution in [3.8, 4) is 23.0 Å². The summed E-state index contributed by atoms with van der Waals surface area (Å²) in [6.07, 6.45) is 0.835. The predicted molar refractivity (Wildman–Crippen MR) is 285 cm³/mol. The molecule has 0 saturated carbocycles. The maximum Gasteiger partial charge on any atom is 2.00 e. The van der Waals surface area contributed by atoms with Crippen LogP contribution in [-0.4, -0.2) is 106 Å². The van der Waals surface area contributed by atoms with Crippen LogP contribution < -0.4 is 25.0 Å². The number of fused-ring (bicyclic) bond motifs is 2. The Morgan fingerprint density at radius 3 is 1.59 bits per heavy atom. The number of carbonyl (C=O) groups is 1. The van der Waals surface area contributed by atoms with Gasteiger partial charge in [0.2, 0.25) is 0 Å². The number of phenolic OH excluding ortho intramolecular Hbond substituents is 1. The Morgan fingerprint density at radius 1 is 0.613 bits per heavy atom. The summed E-state index contributed by atoms with van der Waals surface area (Å²) < 4.78 is 78.2. The zero-order valence-electron chi connectivity index (χ0n) is 40.1. The molecule has 0 aliphatic rings. The zero-order chi connectivity index (χ0) is 53.5. The molecule has 0 fully saturated rings. The van der Waals surface area contributed by atoms with Gasteiger partial charge < -0.3 is 30.1 Å². The number of para-hydroxylation sites is 4. The molecule has 0 aliphatic carbocycles. The Kier molecular flexibility index (Phi) is 19.3. The first kappa shape index (κ1) is 57.9. The average molecular weight is 1220 g/mol. The summed E-state index contributed by atoms with van der Waals surface area (Å²) in [7, 11) is -6.60. The van der Waals surface area contributed by atoms with E-state index in [1.54, 1.807) is 123 Å². The van der Waals surface area contributed by atoms with E-state index in [0.717, 1.165) is 0 Å². The quantitative estimate of drug-likeness (QED) is 0.0260. The number of amides is 1. The number of aliphatic imine (C=N–C) groups is 1. The van der Waals surface area contributed by atoms with Crippen molar-refractivity contribution in [1.29, 1.82) is 0 Å². The number of anilines is 1. The van der Waals surface area contributed by atoms with Crippen LogP contribution in [0.1, 0.15) is 40.9 Å². The van der Waals surface area contributed by atoms with Crippen molar-refractivity contribution in [2.75, 3.05) is 19.5 Å². The minimum absolute atomic E-state index is 0. The van der Waals surface area contributed by atoms with E-state index in [2.05, 4.69) is 30.8 Å². The third-order valence-electron chi connectivity index (χ3n) is 11.2. The van der Waals surface area contributed by atoms with Gasteiger partial charge in [-0.05, 0) is 94.7 Å². The van der Waals surface area contributed by atoms with E-state index in [4.69, 9.17) is 32.7 Å². The molecule has 380 valence electrons. The van der Waals surface area contributed by atoms with Gasteiger partial charge in [-0.25, -0.2) is 0 Å². The zero-order valence-corrected chi connectivity index (χ0v) is 47.7. The second-order valence-corrected chi connectivity index (χ2v) is 19.2. The number of hydrogen-bond acceptors (Lipinski definition) is 15. The molecular formula is C52H42BaCl2N6O12S2. The summed E-state index contributed by atoms with van der Waals surface area (Å²) >= 11 is 12.4. The second kappa shape index (κ2) is 25.0. The number of hydrogen-bond donors (Lipinski definition) is 4. The van der Waals surface area contributed by atoms with Crippen LogP contribution in [0.15, 0.2) is 169 Å². The molecule has 4 N–H and O–H groups in total. The first-order valence-electron chi connectivity index (χ1n) is 22.0. The summed E-state index contributed by atoms with van der Waals surface area (Å²) in [4.78, 5) is 16.0. The minimum Gasteiger partial charge on any atom is -0.871 e. The summed E-state index contributed by atoms with van der Waals surface area (Å²) in [6, 6.07) is 35.7. The maximum atomic E-state index is 13.4. The van der Waals surface area contributed by atoms with Crippen molar-refractivity contribution < 1.29 is 55.5 Å². The number of aromatic hydroxyl groups is 1. The van der Waals surface area contributed by atoms with E-state index in [0.29, 0.717) is 62.7 Å². The van der Waals surface area contributed by atoms with Crippen molar-refractivity contribution in [3.05, 3.63) is 166 Å². The number of nitrogens with zero attached hydrogens (tertiary/aromatic N) is 5. The molecule has 8 aromatic rings. The summed E-state index contributed by atoms with van der Waals surface area (Å²) in [5.74, 6) is -1.88. The van der Waals surface area contributed by atoms with Gasteiger partial charge in [-0.3, -0.25) is 18.9 Å². The van der Waals surface area contributed by atoms with E-state index in [1.807, 2.05) is 0 Å². The summed E-state index contributed by atoms with van der Waals surface area (Å²) in [5.41, 5.74) is 0.518. The number of phenols is 1. The number of halogens is 2. The number of azo groups is 2. The first-order chi connectivity index (χ1) is 35.3. The number of carbonyl (C=O) groups excluding carboxylic acids is 1. The van der Waals surface area contributed by atoms with Gasteiger partial charge in [0.25, 0.3) is 26.1 Å². The van der Waals surface area contributed by atoms with Crippen molar-refractivity contribution in [3.63, 3.8) is 0 Å². The van der Waals surface area contributed by atoms with Crippen LogP contribution in [-0.2, 0) is 33.1 Å². The molecule has 8 rings (SSSR count). The molecule has 0 saturated heterocycles. The van der Waals surface area contributed by atoms with Crippen LogP contribution in [0.25, 0.3) is 21.5 Å². The van der Waals surface area contributed by atoms with Gasteiger partial charge in [0.1, 0.15) is 44.0 Å². The largest absolute Gasteiger partial charge is 2.00 e. The van der Waals surface area contributed by atoms with Crippen LogP contribution in [0.5, 0.6) is 23.0 Å². The second-order valence-electron chi connectivity index (χ2n) is 15.7. The van der Waals surface area contributed by atoms with E-state index in [9.17, 15) is 46.1 Å². The van der Waals surface area contributed by atoms with Gasteiger partial charge in [-0.2, -0.15) is 21.9 Å². The summed E-state index contributed by atoms with van der Waals surface area (Å²) in [6.45, 7) is 3.55. The molecule has 0 aromatic heterocycles. The average Bonchev–Trinajstić information content (AvgIpc) is 3.37. The monoisotopic (exact) mass is 1210 g/mol. The standard InChI is InChI=1S/2C26H22ClN3O6S.Ba/c2*1-3-15-12-13-20(25(22(15)27)37(33,34)35)29-30-23-17-9-5-4-8-16(17)14-18(24(23)31)26(32)28-19-10-6-7-11-21(19)36-2;/h2*4-14,31H,3H2,1-2H3,(H,28,32)(H,33,34,35);/q;;+2/p-2. The van der Waals surface area contributed by atoms with E-state index >= 15 is 0 Å². The van der Waals surface area contributed by atoms with Crippen LogP contribution in [0.4, 0.5) is 34.1 Å². The van der Waals surface area contributed by atoms with Crippen molar-refractivity contribution in [1.82, 2.24) is 0 Å². The molecule has 8 aromatic carbocycles. The Balaban J connectivity index is 0.000000241. The SMILES string of the molecule is CCc1ccc(N=Nc2c(O)c(C(=O)Nc3ccccc3OC)cc3ccccc23)c(S(=O)(=O)O)c1Cl.CCc1ccc(N=Nc2c([O-])c(C([O-])=Nc3ccccc3OC)cc3ccccc23)c(S(=O)(=O)O)c1Cl.[Ba+2]. The van der Waals surface area contributed by atoms with Crippen molar-refractivity contribution in [2.45, 2.75) is 36.5 Å². The molecule has 0 bridgehead atoms. The smallest absolute Gasteiger partial charge is 0.871 e. The Hall–Kier alpha value is -6.41. The number of rotatable bonds is 14. The maximum absolute atomic E-state index is 13.4. The molecule has 0 heterocycles. The number of ether oxygens (including phenoxy) is 2. The molecule has 1 amide bonds. The molecule has 75 heavy (non-hydrogen) atoms. The van der Waals surface area contributed by atoms with Crippen LogP contribution in [0.3, 0.4) is 0 Å². The van der Waals surface area contributed by atoms with Gasteiger partial charge in [-0.1, -0.05) is 128 Å². The van der Waals surface area contributed by atoms with E-state index in [1.165, 1.54) is 38.5 Å². The van der Waals surface area contributed by atoms with Gasteiger partial charge in [-0.15, -0.1) is 15.3 Å². The van der Waals surface area contributed by atoms with Crippen LogP contribution in [0, 0.1) is 0 Å². The van der Waals surface area contributed by atoms with Crippen molar-refractivity contribution >= 4 is 160 Å². The topological polar surface area (TPSA) is 284 Å². The Bertz CT molecular complexity index is 3830. The molecule has 0 unspecified atom stereocenters. The fraction of sp³-hybridized carbons (Fsp3) is 0.115. The predicted octanol–water partition coefficient (Wildman–Crippen LogP) is 11.5. The minimum atomic E-state index is -4.76. The fourth-order valence-corrected chi connectivity index (χ4v) is 10.2. The van der Waals surface area contributed by atoms with Gasteiger partial charge in [0, 0.05) is 10.8 Å². The number of benzene rings is 8. The fourth-order valence-electron chi connectivity index (χ4n) is 7.56. The van der Waals surface area contributed by atoms with Crippen LogP contribution in [0.2, 0.25) is 10.0 Å². The number of aryl methyl sites for hydroxylation is 2. The third kappa shape index (κ3) is 13.0. The van der Waals surface area contributed by atoms with Crippen molar-refractivity contribution in [2.24, 2.45) is 25.4 Å². The molecular weight excluding hydrogens is 1170 g/mol. The Morgan fingerprint density at radius 2 is 1.07 bits per heavy atom. The molecule has 0 aliphatic heterocycles. The number of nitrogens with one attached hydrogen (secondary N) is 1. The normalized spacial score (nSPS) is 11.9. The van der Waals surface area contributed by atoms with Gasteiger partial charge >= 0.3 is 48.9 Å². The molecule has 23 heteroatoms. The van der Waals surface area contributed by atoms with Gasteiger partial charge in [0.15, 0.2) is 5.75 Å².